The van der Waals surface area contributed by atoms with Crippen molar-refractivity contribution in [3.63, 3.8) is 0 Å². The lowest BCUT2D eigenvalue weighted by Gasteiger charge is -2.35. The molecular formula is C33H43N5O6. The number of amides is 2. The summed E-state index contributed by atoms with van der Waals surface area (Å²) in [5, 5.41) is 12.6. The molecule has 5 rings (SSSR count). The number of carbonyl (C=O) groups excluding carboxylic acids is 3. The summed E-state index contributed by atoms with van der Waals surface area (Å²) < 4.78 is 17.8. The van der Waals surface area contributed by atoms with E-state index in [0.717, 1.165) is 32.1 Å². The number of aromatic nitrogens is 2. The van der Waals surface area contributed by atoms with E-state index in [9.17, 15) is 19.6 Å². The van der Waals surface area contributed by atoms with Gasteiger partial charge in [-0.15, -0.1) is 0 Å². The fourth-order valence-electron chi connectivity index (χ4n) is 6.68. The van der Waals surface area contributed by atoms with Gasteiger partial charge in [0.2, 0.25) is 11.8 Å². The predicted molar refractivity (Wildman–Crippen MR) is 162 cm³/mol. The highest BCUT2D eigenvalue weighted by Crippen LogP contribution is 2.49. The van der Waals surface area contributed by atoms with Crippen molar-refractivity contribution in [2.75, 3.05) is 13.7 Å². The lowest BCUT2D eigenvalue weighted by atomic mass is 9.85. The van der Waals surface area contributed by atoms with Crippen LogP contribution >= 0.6 is 0 Å². The molecule has 2 fully saturated rings. The summed E-state index contributed by atoms with van der Waals surface area (Å²) in [6, 6.07) is 5.80. The molecule has 3 heterocycles. The van der Waals surface area contributed by atoms with Gasteiger partial charge in [0.25, 0.3) is 0 Å². The maximum Gasteiger partial charge on any atom is 0.408 e. The third kappa shape index (κ3) is 6.44. The molecule has 3 aliphatic rings. The Morgan fingerprint density at radius 3 is 2.66 bits per heavy atom. The topological polar surface area (TPSA) is 144 Å². The van der Waals surface area contributed by atoms with E-state index in [-0.39, 0.29) is 24.7 Å². The van der Waals surface area contributed by atoms with Gasteiger partial charge in [0.1, 0.15) is 29.2 Å². The zero-order valence-electron chi connectivity index (χ0n) is 26.5. The first kappa shape index (κ1) is 31.5. The number of Topliss-reactive ketones (excluding diaryl/α,β-unsaturated/α-hetero) is 1. The molecule has 0 spiro atoms. The molecule has 0 unspecified atom stereocenters. The van der Waals surface area contributed by atoms with Gasteiger partial charge >= 0.3 is 6.09 Å². The number of alkyl carbamates (subject to hydrolysis) is 1. The Hall–Kier alpha value is -3.94. The van der Waals surface area contributed by atoms with Crippen LogP contribution in [0.2, 0.25) is 0 Å². The first-order chi connectivity index (χ1) is 20.8. The molecule has 1 N–H and O–H groups in total. The second kappa shape index (κ2) is 12.2. The summed E-state index contributed by atoms with van der Waals surface area (Å²) in [6.07, 6.45) is 3.80. The number of rotatable bonds is 3. The van der Waals surface area contributed by atoms with Gasteiger partial charge in [-0.2, -0.15) is 5.26 Å². The third-order valence-electron chi connectivity index (χ3n) is 9.31. The van der Waals surface area contributed by atoms with E-state index in [2.05, 4.69) is 11.4 Å². The third-order valence-corrected chi connectivity index (χ3v) is 9.31. The number of ether oxygens (including phenoxy) is 3. The maximum atomic E-state index is 14.2. The quantitative estimate of drug-likeness (QED) is 0.524. The maximum absolute atomic E-state index is 14.2. The number of hydrogen-bond donors (Lipinski definition) is 1. The van der Waals surface area contributed by atoms with E-state index >= 15 is 0 Å². The van der Waals surface area contributed by atoms with Crippen LogP contribution in [0.25, 0.3) is 11.0 Å². The number of nitrogens with one attached hydrogen (secondary N) is 1. The summed E-state index contributed by atoms with van der Waals surface area (Å²) in [4.78, 5) is 51.7. The summed E-state index contributed by atoms with van der Waals surface area (Å²) >= 11 is 0. The number of hydrogen-bond acceptors (Lipinski definition) is 9. The summed E-state index contributed by atoms with van der Waals surface area (Å²) in [7, 11) is 1.58. The lowest BCUT2D eigenvalue weighted by Crippen LogP contribution is -2.57. The first-order valence-corrected chi connectivity index (χ1v) is 15.5. The molecule has 1 aromatic carbocycles. The molecule has 2 amide bonds. The van der Waals surface area contributed by atoms with Crippen LogP contribution in [0.5, 0.6) is 11.6 Å². The highest BCUT2D eigenvalue weighted by atomic mass is 16.6. The van der Waals surface area contributed by atoms with Crippen molar-refractivity contribution < 1.29 is 28.6 Å². The monoisotopic (exact) mass is 605 g/mol. The van der Waals surface area contributed by atoms with Crippen LogP contribution in [0.1, 0.15) is 78.8 Å². The molecule has 0 radical (unpaired) electrons. The number of methoxy groups -OCH3 is 1. The Balaban J connectivity index is 1.56. The second-order valence-corrected chi connectivity index (χ2v) is 13.7. The van der Waals surface area contributed by atoms with Gasteiger partial charge in [-0.25, -0.2) is 14.8 Å². The standard InChI is InChI=1S/C33H43N5O6/c1-19(39)27-22(14-15-34)26-18-38(27)30(40)28(32(2,3)4)37-31(41)44-33(5)17-20(33)10-8-7-9-11-24-29(43-26)36-25-16-21(42-6)12-13-23(25)35-24/h12-13,16,20,22,26-28H,7-11,14,17-18H2,1-6H3,(H,37,41)/t20-,22-,26+,27-,28-,33-/m1/s1. The Morgan fingerprint density at radius 1 is 1.20 bits per heavy atom. The van der Waals surface area contributed by atoms with Gasteiger partial charge in [-0.05, 0) is 57.1 Å². The van der Waals surface area contributed by atoms with Gasteiger partial charge in [0.05, 0.1) is 36.8 Å². The van der Waals surface area contributed by atoms with Crippen LogP contribution < -0.4 is 14.8 Å². The predicted octanol–water partition coefficient (Wildman–Crippen LogP) is 4.75. The Labute approximate surface area is 258 Å². The summed E-state index contributed by atoms with van der Waals surface area (Å²) in [6.45, 7) is 8.98. The number of fused-ring (bicyclic) bond motifs is 5. The van der Waals surface area contributed by atoms with Crippen LogP contribution in [0.3, 0.4) is 0 Å². The van der Waals surface area contributed by atoms with Crippen molar-refractivity contribution in [3.05, 3.63) is 23.9 Å². The molecule has 2 aliphatic heterocycles. The minimum Gasteiger partial charge on any atom is -0.497 e. The molecule has 1 aliphatic carbocycles. The molecule has 1 aromatic heterocycles. The highest BCUT2D eigenvalue weighted by Gasteiger charge is 2.54. The fourth-order valence-corrected chi connectivity index (χ4v) is 6.68. The first-order valence-electron chi connectivity index (χ1n) is 15.5. The van der Waals surface area contributed by atoms with E-state index in [4.69, 9.17) is 24.2 Å². The van der Waals surface area contributed by atoms with Crippen molar-refractivity contribution in [2.24, 2.45) is 17.3 Å². The van der Waals surface area contributed by atoms with Crippen molar-refractivity contribution in [2.45, 2.75) is 103 Å². The van der Waals surface area contributed by atoms with Crippen LogP contribution in [-0.2, 0) is 20.7 Å². The average molecular weight is 606 g/mol. The average Bonchev–Trinajstić information content (AvgIpc) is 3.44. The Morgan fingerprint density at radius 2 is 1.98 bits per heavy atom. The molecule has 44 heavy (non-hydrogen) atoms. The molecule has 1 saturated carbocycles. The largest absolute Gasteiger partial charge is 0.497 e. The molecule has 1 saturated heterocycles. The van der Waals surface area contributed by atoms with E-state index in [0.29, 0.717) is 34.8 Å². The van der Waals surface area contributed by atoms with Gasteiger partial charge in [-0.3, -0.25) is 9.59 Å². The minimum absolute atomic E-state index is 0.00173. The second-order valence-electron chi connectivity index (χ2n) is 13.7. The summed E-state index contributed by atoms with van der Waals surface area (Å²) in [5.41, 5.74) is 0.749. The van der Waals surface area contributed by atoms with Crippen LogP contribution in [-0.4, -0.2) is 70.1 Å². The van der Waals surface area contributed by atoms with Crippen molar-refractivity contribution in [3.8, 4) is 17.7 Å². The van der Waals surface area contributed by atoms with Gasteiger partial charge in [0, 0.05) is 24.3 Å². The van der Waals surface area contributed by atoms with Crippen LogP contribution in [0.15, 0.2) is 18.2 Å². The molecule has 6 atom stereocenters. The smallest absolute Gasteiger partial charge is 0.408 e. The minimum atomic E-state index is -0.971. The van der Waals surface area contributed by atoms with Crippen LogP contribution in [0, 0.1) is 28.6 Å². The van der Waals surface area contributed by atoms with Gasteiger partial charge in [-0.1, -0.05) is 33.6 Å². The van der Waals surface area contributed by atoms with Gasteiger partial charge in [0.15, 0.2) is 5.78 Å². The number of ketones is 1. The highest BCUT2D eigenvalue weighted by molar-refractivity contribution is 5.92. The van der Waals surface area contributed by atoms with Gasteiger partial charge < -0.3 is 24.4 Å². The van der Waals surface area contributed by atoms with Crippen molar-refractivity contribution >= 4 is 28.8 Å². The molecular weight excluding hydrogens is 562 g/mol. The molecule has 2 aromatic rings. The zero-order valence-corrected chi connectivity index (χ0v) is 26.5. The molecule has 11 heteroatoms. The van der Waals surface area contributed by atoms with E-state index in [1.165, 1.54) is 11.8 Å². The summed E-state index contributed by atoms with van der Waals surface area (Å²) in [5.74, 6) is -0.0444. The number of aryl methyl sites for hydroxylation is 1. The number of carbonyl (C=O) groups is 3. The molecule has 236 valence electrons. The number of nitriles is 1. The lowest BCUT2D eigenvalue weighted by molar-refractivity contribution is -0.141. The molecule has 2 bridgehead atoms. The zero-order chi connectivity index (χ0) is 31.8. The number of nitrogens with zero attached hydrogens (tertiary/aromatic N) is 4. The SMILES string of the molecule is COc1ccc2nc3c(nc2c1)O[C@H]1CN(C(=O)[C@H](C(C)(C)C)NC(=O)O[C@]2(C)C[C@H]2CCCCC3)[C@H](C(C)=O)[C@@H]1CC#N. The van der Waals surface area contributed by atoms with Crippen molar-refractivity contribution in [1.82, 2.24) is 20.2 Å². The normalized spacial score (nSPS) is 29.6. The van der Waals surface area contributed by atoms with Crippen LogP contribution in [0.4, 0.5) is 4.79 Å². The molecule has 11 nitrogen and oxygen atoms in total. The van der Waals surface area contributed by atoms with E-state index in [1.54, 1.807) is 13.2 Å². The fraction of sp³-hybridized carbons (Fsp3) is 0.636. The van der Waals surface area contributed by atoms with Crippen molar-refractivity contribution in [1.29, 1.82) is 5.26 Å². The van der Waals surface area contributed by atoms with E-state index < -0.39 is 47.1 Å². The Kier molecular flexibility index (Phi) is 8.74. The number of benzene rings is 1. The Bertz CT molecular complexity index is 1480. The van der Waals surface area contributed by atoms with E-state index in [1.807, 2.05) is 39.8 Å².